The fourth-order valence-corrected chi connectivity index (χ4v) is 10.0. The predicted octanol–water partition coefficient (Wildman–Crippen LogP) is 21.2. The van der Waals surface area contributed by atoms with Gasteiger partial charge in [-0.15, -0.1) is 0 Å². The summed E-state index contributed by atoms with van der Waals surface area (Å²) < 4.78 is 22.8. The molecule has 0 aromatic rings. The van der Waals surface area contributed by atoms with Gasteiger partial charge in [-0.2, -0.15) is 0 Å². The highest BCUT2D eigenvalue weighted by Crippen LogP contribution is 2.17. The van der Waals surface area contributed by atoms with E-state index >= 15 is 0 Å². The Morgan fingerprint density at radius 2 is 0.655 bits per heavy atom. The van der Waals surface area contributed by atoms with E-state index in [4.69, 9.17) is 18.9 Å². The molecule has 0 aromatic carbocycles. The lowest BCUT2D eigenvalue weighted by Crippen LogP contribution is -2.44. The van der Waals surface area contributed by atoms with Crippen molar-refractivity contribution in [3.05, 3.63) is 109 Å². The van der Waals surface area contributed by atoms with Gasteiger partial charge in [0, 0.05) is 12.8 Å². The molecule has 2 atom stereocenters. The van der Waals surface area contributed by atoms with Gasteiger partial charge in [-0.3, -0.25) is 9.59 Å². The van der Waals surface area contributed by atoms with Crippen molar-refractivity contribution >= 4 is 17.9 Å². The van der Waals surface area contributed by atoms with Crippen LogP contribution in [0.2, 0.25) is 0 Å². The van der Waals surface area contributed by atoms with Gasteiger partial charge in [0.25, 0.3) is 0 Å². The van der Waals surface area contributed by atoms with Crippen LogP contribution >= 0.6 is 0 Å². The lowest BCUT2D eigenvalue weighted by Gasteiger charge is -2.26. The summed E-state index contributed by atoms with van der Waals surface area (Å²) in [5, 5.41) is 11.8. The molecular formula is C78H135NO8. The number of unbranched alkanes of at least 4 members (excludes halogenated alkanes) is 33. The number of ether oxygens (including phenoxy) is 4. The molecule has 87 heavy (non-hydrogen) atoms. The van der Waals surface area contributed by atoms with E-state index in [2.05, 4.69) is 123 Å². The highest BCUT2D eigenvalue weighted by atomic mass is 16.7. The number of carbonyl (C=O) groups excluding carboxylic acids is 3. The number of hydrogen-bond donors (Lipinski definition) is 0. The number of allylic oxidation sites excluding steroid dienone is 18. The molecule has 0 fully saturated rings. The topological polar surface area (TPSA) is 111 Å². The third-order valence-corrected chi connectivity index (χ3v) is 15.5. The molecule has 0 aliphatic heterocycles. The summed E-state index contributed by atoms with van der Waals surface area (Å²) in [5.74, 6) is -2.28. The van der Waals surface area contributed by atoms with Crippen LogP contribution in [-0.4, -0.2) is 82.3 Å². The van der Waals surface area contributed by atoms with Crippen LogP contribution in [0.4, 0.5) is 0 Å². The molecule has 0 saturated carbocycles. The molecule has 9 heteroatoms. The number of aliphatic carboxylic acids is 1. The van der Waals surface area contributed by atoms with Gasteiger partial charge in [0.05, 0.1) is 40.3 Å². The number of quaternary nitrogens is 1. The highest BCUT2D eigenvalue weighted by molar-refractivity contribution is 5.70. The van der Waals surface area contributed by atoms with Crippen molar-refractivity contribution in [3.8, 4) is 0 Å². The van der Waals surface area contributed by atoms with E-state index in [0.717, 1.165) is 89.9 Å². The third-order valence-electron chi connectivity index (χ3n) is 15.5. The molecule has 0 aliphatic rings. The Kier molecular flexibility index (Phi) is 64.7. The molecule has 0 radical (unpaired) electrons. The zero-order valence-electron chi connectivity index (χ0n) is 57.1. The van der Waals surface area contributed by atoms with Gasteiger partial charge in [0.2, 0.25) is 0 Å². The molecule has 500 valence electrons. The molecule has 0 aliphatic carbocycles. The summed E-state index contributed by atoms with van der Waals surface area (Å²) in [7, 11) is 5.93. The minimum absolute atomic E-state index is 0.145. The van der Waals surface area contributed by atoms with Crippen LogP contribution in [0.25, 0.3) is 0 Å². The first-order chi connectivity index (χ1) is 42.6. The second kappa shape index (κ2) is 67.9. The Bertz CT molecular complexity index is 1800. The molecule has 0 rings (SSSR count). The lowest BCUT2D eigenvalue weighted by atomic mass is 10.0. The Labute approximate surface area is 536 Å². The lowest BCUT2D eigenvalue weighted by molar-refractivity contribution is -0.870. The number of esters is 2. The molecule has 9 nitrogen and oxygen atoms in total. The Hall–Kier alpha value is -4.05. The molecule has 0 heterocycles. The first-order valence-corrected chi connectivity index (χ1v) is 36.0. The first kappa shape index (κ1) is 83.0. The second-order valence-corrected chi connectivity index (χ2v) is 25.1. The smallest absolute Gasteiger partial charge is 0.306 e. The van der Waals surface area contributed by atoms with Crippen LogP contribution in [-0.2, 0) is 33.3 Å². The Balaban J connectivity index is 4.09. The van der Waals surface area contributed by atoms with Gasteiger partial charge >= 0.3 is 11.9 Å². The normalized spacial score (nSPS) is 13.3. The molecule has 0 amide bonds. The van der Waals surface area contributed by atoms with Gasteiger partial charge in [0.15, 0.2) is 12.4 Å². The maximum Gasteiger partial charge on any atom is 0.306 e. The van der Waals surface area contributed by atoms with E-state index in [-0.39, 0.29) is 38.6 Å². The van der Waals surface area contributed by atoms with E-state index in [1.807, 2.05) is 21.1 Å². The number of nitrogens with zero attached hydrogens (tertiary/aromatic N) is 1. The van der Waals surface area contributed by atoms with E-state index in [0.29, 0.717) is 17.4 Å². The predicted molar refractivity (Wildman–Crippen MR) is 370 cm³/mol. The minimum atomic E-state index is -1.63. The van der Waals surface area contributed by atoms with Gasteiger partial charge in [0.1, 0.15) is 13.2 Å². The van der Waals surface area contributed by atoms with E-state index in [1.165, 1.54) is 186 Å². The average Bonchev–Trinajstić information content (AvgIpc) is 3.57. The largest absolute Gasteiger partial charge is 0.545 e. The zero-order valence-corrected chi connectivity index (χ0v) is 57.1. The van der Waals surface area contributed by atoms with Gasteiger partial charge in [-0.25, -0.2) is 0 Å². The fraction of sp³-hybridized carbons (Fsp3) is 0.731. The summed E-state index contributed by atoms with van der Waals surface area (Å²) in [6.07, 6.45) is 91.7. The van der Waals surface area contributed by atoms with Crippen LogP contribution in [0.5, 0.6) is 0 Å². The number of carboxylic acids is 1. The van der Waals surface area contributed by atoms with Crippen LogP contribution in [0.1, 0.15) is 309 Å². The molecule has 2 unspecified atom stereocenters. The molecule has 0 spiro atoms. The quantitative estimate of drug-likeness (QED) is 0.0195. The van der Waals surface area contributed by atoms with Gasteiger partial charge < -0.3 is 33.3 Å². The van der Waals surface area contributed by atoms with E-state index < -0.39 is 24.3 Å². The van der Waals surface area contributed by atoms with Crippen molar-refractivity contribution in [2.75, 3.05) is 47.5 Å². The third kappa shape index (κ3) is 69.3. The SMILES string of the molecule is CC/C=C\C/C=C\C/C=C\C/C=C\C/C=C\C/C=C\C/C=C\CCCCCCCCCCCCCCCCCC(=O)OC(COC(=O)CCCCCCCCCCCCCCC/C=C\C/C=C\CCCCCCC)COC(OCC[N+](C)(C)C)C(=O)[O-]. The fourth-order valence-electron chi connectivity index (χ4n) is 10.0. The summed E-state index contributed by atoms with van der Waals surface area (Å²) in [4.78, 5) is 37.5. The summed E-state index contributed by atoms with van der Waals surface area (Å²) >= 11 is 0. The maximum absolute atomic E-state index is 12.9. The van der Waals surface area contributed by atoms with Crippen molar-refractivity contribution in [2.45, 2.75) is 322 Å². The molecule has 0 N–H and O–H groups in total. The second-order valence-electron chi connectivity index (χ2n) is 25.1. The van der Waals surface area contributed by atoms with Crippen molar-refractivity contribution < 1.29 is 42.9 Å². The Morgan fingerprint density at radius 1 is 0.356 bits per heavy atom. The highest BCUT2D eigenvalue weighted by Gasteiger charge is 2.22. The van der Waals surface area contributed by atoms with Crippen LogP contribution in [0, 0.1) is 0 Å². The number of carbonyl (C=O) groups is 3. The van der Waals surface area contributed by atoms with Gasteiger partial charge in [-0.05, 0) is 103 Å². The zero-order chi connectivity index (χ0) is 63.3. The van der Waals surface area contributed by atoms with Crippen LogP contribution in [0.15, 0.2) is 109 Å². The number of hydrogen-bond acceptors (Lipinski definition) is 8. The van der Waals surface area contributed by atoms with E-state index in [9.17, 15) is 19.5 Å². The monoisotopic (exact) mass is 1210 g/mol. The van der Waals surface area contributed by atoms with Crippen molar-refractivity contribution in [2.24, 2.45) is 0 Å². The number of likely N-dealkylation sites (N-methyl/N-ethyl adjacent to an activating group) is 1. The summed E-state index contributed by atoms with van der Waals surface area (Å²) in [6.45, 7) is 4.65. The Morgan fingerprint density at radius 3 is 0.977 bits per heavy atom. The molecule has 0 aromatic heterocycles. The van der Waals surface area contributed by atoms with Gasteiger partial charge in [-0.1, -0.05) is 303 Å². The van der Waals surface area contributed by atoms with Crippen molar-refractivity contribution in [1.29, 1.82) is 0 Å². The molecular weight excluding hydrogens is 1080 g/mol. The number of carboxylic acid groups (broad SMARTS) is 1. The van der Waals surface area contributed by atoms with Crippen molar-refractivity contribution in [3.63, 3.8) is 0 Å². The maximum atomic E-state index is 12.9. The van der Waals surface area contributed by atoms with Crippen LogP contribution < -0.4 is 5.11 Å². The number of rotatable bonds is 66. The van der Waals surface area contributed by atoms with Crippen molar-refractivity contribution in [1.82, 2.24) is 0 Å². The summed E-state index contributed by atoms with van der Waals surface area (Å²) in [5.41, 5.74) is 0. The molecule has 0 bridgehead atoms. The minimum Gasteiger partial charge on any atom is -0.545 e. The summed E-state index contributed by atoms with van der Waals surface area (Å²) in [6, 6.07) is 0. The molecule has 0 saturated heterocycles. The average molecular weight is 1210 g/mol. The van der Waals surface area contributed by atoms with E-state index in [1.54, 1.807) is 0 Å². The van der Waals surface area contributed by atoms with Crippen LogP contribution in [0.3, 0.4) is 0 Å². The first-order valence-electron chi connectivity index (χ1n) is 36.0. The standard InChI is InChI=1S/C78H135NO8/c1-6-8-10-12-14-16-18-20-22-24-26-28-30-32-33-34-35-36-37-38-39-40-41-42-43-45-47-49-51-53-55-57-59-61-63-65-67-69-76(81)87-74(73-86-78(77(82)83)84-71-70-79(3,4)5)72-85-75(80)68-66-64-62-60-58-56-54-52-50-48-46-44-31-29-27-25-23-21-19-17-15-13-11-9-7-2/h8,10,14,16,19-22,25-28,32-33,35-36,38-39,74,78H,6-7,9,11-13,15,17-18,23-24,29-31,34,37,40-73H2,1-5H3/b10-8-,16-14-,21-19-,22-20-,27-25-,28-26-,33-32-,36-35-,39-38-.